The van der Waals surface area contributed by atoms with Crippen molar-refractivity contribution in [3.63, 3.8) is 0 Å². The van der Waals surface area contributed by atoms with E-state index in [4.69, 9.17) is 11.6 Å². The van der Waals surface area contributed by atoms with Gasteiger partial charge >= 0.3 is 6.18 Å². The van der Waals surface area contributed by atoms with Crippen LogP contribution < -0.4 is 5.32 Å². The predicted molar refractivity (Wildman–Crippen MR) is 113 cm³/mol. The van der Waals surface area contributed by atoms with Crippen molar-refractivity contribution in [3.8, 4) is 17.1 Å². The van der Waals surface area contributed by atoms with Gasteiger partial charge in [-0.15, -0.1) is 5.10 Å². The number of carbonyl (C=O) groups is 1. The van der Waals surface area contributed by atoms with Gasteiger partial charge < -0.3 is 5.32 Å². The highest BCUT2D eigenvalue weighted by atomic mass is 35.5. The minimum Gasteiger partial charge on any atom is -0.342 e. The van der Waals surface area contributed by atoms with Crippen molar-refractivity contribution in [2.45, 2.75) is 19.1 Å². The average Bonchev–Trinajstić information content (AvgIpc) is 3.29. The van der Waals surface area contributed by atoms with E-state index in [0.29, 0.717) is 5.56 Å². The lowest BCUT2D eigenvalue weighted by atomic mass is 10.00. The number of halogens is 4. The molecule has 0 aliphatic carbocycles. The van der Waals surface area contributed by atoms with E-state index in [2.05, 4.69) is 30.4 Å². The fraction of sp³-hybridized carbons (Fsp3) is 0.143. The Morgan fingerprint density at radius 3 is 2.52 bits per heavy atom. The molecule has 12 heteroatoms. The lowest BCUT2D eigenvalue weighted by molar-refractivity contribution is -0.137. The molecule has 1 amide bonds. The molecule has 168 valence electrons. The van der Waals surface area contributed by atoms with E-state index in [0.717, 1.165) is 12.1 Å². The first-order valence-electron chi connectivity index (χ1n) is 9.54. The number of nitrogens with zero attached hydrogens (tertiary/aromatic N) is 6. The molecule has 8 nitrogen and oxygen atoms in total. The highest BCUT2D eigenvalue weighted by molar-refractivity contribution is 6.30. The Balaban J connectivity index is 1.61. The SMILES string of the molecule is CC(NC(=O)c1cc(-c2cncc(Cl)c2)cc(C(F)(F)F)c1)c1ncn(-c2ncccn2)n1. The van der Waals surface area contributed by atoms with Gasteiger partial charge in [0.2, 0.25) is 0 Å². The largest absolute Gasteiger partial charge is 0.416 e. The van der Waals surface area contributed by atoms with Crippen molar-refractivity contribution in [2.75, 3.05) is 0 Å². The van der Waals surface area contributed by atoms with Crippen molar-refractivity contribution in [1.82, 2.24) is 35.0 Å². The van der Waals surface area contributed by atoms with Gasteiger partial charge in [-0.1, -0.05) is 11.6 Å². The van der Waals surface area contributed by atoms with Gasteiger partial charge in [0.1, 0.15) is 6.33 Å². The van der Waals surface area contributed by atoms with Crippen LogP contribution in [0.15, 0.2) is 61.4 Å². The molecule has 3 aromatic heterocycles. The monoisotopic (exact) mass is 473 g/mol. The zero-order valence-electron chi connectivity index (χ0n) is 17.0. The minimum absolute atomic E-state index is 0.154. The van der Waals surface area contributed by atoms with Gasteiger partial charge in [-0.3, -0.25) is 9.78 Å². The molecule has 0 bridgehead atoms. The van der Waals surface area contributed by atoms with Gasteiger partial charge in [0.25, 0.3) is 11.9 Å². The van der Waals surface area contributed by atoms with Gasteiger partial charge in [-0.2, -0.15) is 17.9 Å². The normalized spacial score (nSPS) is 12.4. The number of rotatable bonds is 5. The molecule has 1 aromatic carbocycles. The van der Waals surface area contributed by atoms with Crippen molar-refractivity contribution >= 4 is 17.5 Å². The summed E-state index contributed by atoms with van der Waals surface area (Å²) in [5, 5.41) is 7.10. The molecule has 1 atom stereocenters. The van der Waals surface area contributed by atoms with Crippen molar-refractivity contribution in [2.24, 2.45) is 0 Å². The van der Waals surface area contributed by atoms with Crippen LogP contribution in [0.5, 0.6) is 0 Å². The molecule has 0 aliphatic heterocycles. The Morgan fingerprint density at radius 1 is 1.06 bits per heavy atom. The molecular formula is C21H15ClF3N7O. The first-order chi connectivity index (χ1) is 15.7. The summed E-state index contributed by atoms with van der Waals surface area (Å²) in [6.07, 6.45) is 2.53. The Hall–Kier alpha value is -3.86. The van der Waals surface area contributed by atoms with Gasteiger partial charge in [0.05, 0.1) is 16.6 Å². The number of pyridine rings is 1. The molecule has 1 N–H and O–H groups in total. The molecule has 0 fully saturated rings. The van der Waals surface area contributed by atoms with E-state index in [1.54, 1.807) is 13.0 Å². The summed E-state index contributed by atoms with van der Waals surface area (Å²) < 4.78 is 41.8. The highest BCUT2D eigenvalue weighted by Crippen LogP contribution is 2.34. The van der Waals surface area contributed by atoms with E-state index in [-0.39, 0.29) is 27.9 Å². The fourth-order valence-electron chi connectivity index (χ4n) is 2.98. The smallest absolute Gasteiger partial charge is 0.342 e. The minimum atomic E-state index is -4.65. The van der Waals surface area contributed by atoms with E-state index in [9.17, 15) is 18.0 Å². The zero-order valence-corrected chi connectivity index (χ0v) is 17.7. The van der Waals surface area contributed by atoms with Crippen LogP contribution in [0.25, 0.3) is 17.1 Å². The second kappa shape index (κ2) is 8.94. The van der Waals surface area contributed by atoms with Gasteiger partial charge in [-0.05, 0) is 42.8 Å². The molecule has 4 aromatic rings. The Kier molecular flexibility index (Phi) is 6.05. The van der Waals surface area contributed by atoms with Crippen LogP contribution in [0.4, 0.5) is 13.2 Å². The molecule has 0 aliphatic rings. The van der Waals surface area contributed by atoms with Crippen LogP contribution in [-0.4, -0.2) is 35.6 Å². The summed E-state index contributed by atoms with van der Waals surface area (Å²) in [6, 6.07) is 5.48. The van der Waals surface area contributed by atoms with Gasteiger partial charge in [0.15, 0.2) is 5.82 Å². The number of nitrogens with one attached hydrogen (secondary N) is 1. The van der Waals surface area contributed by atoms with Crippen LogP contribution in [-0.2, 0) is 6.18 Å². The lowest BCUT2D eigenvalue weighted by Crippen LogP contribution is -2.28. The van der Waals surface area contributed by atoms with Crippen molar-refractivity contribution in [3.05, 3.63) is 83.4 Å². The Bertz CT molecular complexity index is 1290. The maximum Gasteiger partial charge on any atom is 0.416 e. The van der Waals surface area contributed by atoms with Gasteiger partial charge in [0, 0.05) is 35.9 Å². The summed E-state index contributed by atoms with van der Waals surface area (Å²) in [5.74, 6) is -0.202. The summed E-state index contributed by atoms with van der Waals surface area (Å²) in [6.45, 7) is 1.61. The Labute approximate surface area is 190 Å². The standard InChI is InChI=1S/C21H15ClF3N7O/c1-12(18-29-11-32(31-18)20-27-3-2-4-28-20)30-19(33)14-5-13(6-16(7-14)21(23,24)25)15-8-17(22)10-26-9-15/h2-12H,1H3,(H,30,33). The van der Waals surface area contributed by atoms with E-state index < -0.39 is 23.7 Å². The Morgan fingerprint density at radius 2 is 1.82 bits per heavy atom. The number of hydrogen-bond donors (Lipinski definition) is 1. The third kappa shape index (κ3) is 5.14. The average molecular weight is 474 g/mol. The van der Waals surface area contributed by atoms with Crippen LogP contribution >= 0.6 is 11.6 Å². The molecule has 0 saturated carbocycles. The van der Waals surface area contributed by atoms with Crippen molar-refractivity contribution in [1.29, 1.82) is 0 Å². The summed E-state index contributed by atoms with van der Waals surface area (Å²) in [5.41, 5.74) is -0.654. The van der Waals surface area contributed by atoms with Crippen LogP contribution in [0.1, 0.15) is 34.7 Å². The lowest BCUT2D eigenvalue weighted by Gasteiger charge is -2.14. The molecule has 4 rings (SSSR count). The fourth-order valence-corrected chi connectivity index (χ4v) is 3.16. The third-order valence-corrected chi connectivity index (χ3v) is 4.77. The highest BCUT2D eigenvalue weighted by Gasteiger charge is 2.32. The maximum absolute atomic E-state index is 13.5. The molecule has 0 radical (unpaired) electrons. The number of amides is 1. The van der Waals surface area contributed by atoms with E-state index in [1.165, 1.54) is 47.9 Å². The second-order valence-electron chi connectivity index (χ2n) is 6.98. The maximum atomic E-state index is 13.5. The van der Waals surface area contributed by atoms with Crippen LogP contribution in [0, 0.1) is 0 Å². The molecule has 1 unspecified atom stereocenters. The molecule has 0 saturated heterocycles. The van der Waals surface area contributed by atoms with Gasteiger partial charge in [-0.25, -0.2) is 15.0 Å². The molecule has 0 spiro atoms. The quantitative estimate of drug-likeness (QED) is 0.464. The number of hydrogen-bond acceptors (Lipinski definition) is 6. The summed E-state index contributed by atoms with van der Waals surface area (Å²) in [7, 11) is 0. The van der Waals surface area contributed by atoms with E-state index in [1.807, 2.05) is 0 Å². The summed E-state index contributed by atoms with van der Waals surface area (Å²) >= 11 is 5.92. The number of benzene rings is 1. The number of aromatic nitrogens is 6. The van der Waals surface area contributed by atoms with Crippen molar-refractivity contribution < 1.29 is 18.0 Å². The summed E-state index contributed by atoms with van der Waals surface area (Å²) in [4.78, 5) is 28.9. The zero-order chi connectivity index (χ0) is 23.6. The third-order valence-electron chi connectivity index (χ3n) is 4.56. The van der Waals surface area contributed by atoms with Crippen LogP contribution in [0.3, 0.4) is 0 Å². The second-order valence-corrected chi connectivity index (χ2v) is 7.42. The predicted octanol–water partition coefficient (Wildman–Crippen LogP) is 4.28. The number of carbonyl (C=O) groups excluding carboxylic acids is 1. The molecule has 33 heavy (non-hydrogen) atoms. The number of alkyl halides is 3. The first-order valence-corrected chi connectivity index (χ1v) is 9.91. The van der Waals surface area contributed by atoms with Crippen LogP contribution in [0.2, 0.25) is 5.02 Å². The molecule has 3 heterocycles. The van der Waals surface area contributed by atoms with E-state index >= 15 is 0 Å². The topological polar surface area (TPSA) is 98.5 Å². The first kappa shape index (κ1) is 22.3. The molecular weight excluding hydrogens is 459 g/mol.